The summed E-state index contributed by atoms with van der Waals surface area (Å²) in [5, 5.41) is 14.4. The summed E-state index contributed by atoms with van der Waals surface area (Å²) in [6, 6.07) is 5.12. The highest BCUT2D eigenvalue weighted by molar-refractivity contribution is 9.10. The van der Waals surface area contributed by atoms with Gasteiger partial charge in [0.15, 0.2) is 0 Å². The van der Waals surface area contributed by atoms with Crippen LogP contribution in [0.5, 0.6) is 0 Å². The van der Waals surface area contributed by atoms with Crippen LogP contribution in [0.2, 0.25) is 0 Å². The molecule has 0 bridgehead atoms. The number of nitrogens with zero attached hydrogens (tertiary/aromatic N) is 1. The van der Waals surface area contributed by atoms with E-state index in [1.807, 2.05) is 6.07 Å². The van der Waals surface area contributed by atoms with Crippen molar-refractivity contribution in [3.63, 3.8) is 0 Å². The molecule has 0 saturated heterocycles. The molecule has 0 radical (unpaired) electrons. The van der Waals surface area contributed by atoms with Crippen molar-refractivity contribution < 1.29 is 4.92 Å². The molecule has 0 atom stereocenters. The average Bonchev–Trinajstić information content (AvgIpc) is 2.37. The van der Waals surface area contributed by atoms with E-state index in [0.717, 1.165) is 23.7 Å². The van der Waals surface area contributed by atoms with Gasteiger partial charge in [-0.3, -0.25) is 10.1 Å². The van der Waals surface area contributed by atoms with E-state index in [-0.39, 0.29) is 16.1 Å². The van der Waals surface area contributed by atoms with Gasteiger partial charge in [0.25, 0.3) is 5.69 Å². The highest BCUT2D eigenvalue weighted by Gasteiger charge is 2.26. The molecule has 100 valence electrons. The molecule has 0 aliphatic heterocycles. The van der Waals surface area contributed by atoms with E-state index in [4.69, 9.17) is 0 Å². The van der Waals surface area contributed by atoms with Crippen LogP contribution in [0, 0.1) is 10.1 Å². The largest absolute Gasteiger partial charge is 0.374 e. The van der Waals surface area contributed by atoms with Crippen LogP contribution in [0.4, 0.5) is 11.4 Å². The van der Waals surface area contributed by atoms with Gasteiger partial charge in [-0.25, -0.2) is 0 Å². The Bertz CT molecular complexity index is 423. The van der Waals surface area contributed by atoms with Crippen LogP contribution in [0.1, 0.15) is 40.0 Å². The molecule has 0 aliphatic carbocycles. The normalized spacial score (nSPS) is 11.3. The summed E-state index contributed by atoms with van der Waals surface area (Å²) in [7, 11) is 0. The lowest BCUT2D eigenvalue weighted by molar-refractivity contribution is -0.384. The van der Waals surface area contributed by atoms with Gasteiger partial charge in [-0.05, 0) is 31.4 Å². The van der Waals surface area contributed by atoms with Crippen LogP contribution < -0.4 is 5.32 Å². The second-order valence-corrected chi connectivity index (χ2v) is 5.30. The number of anilines is 1. The summed E-state index contributed by atoms with van der Waals surface area (Å²) in [6.45, 7) is 6.31. The molecule has 0 aliphatic rings. The van der Waals surface area contributed by atoms with E-state index in [1.165, 1.54) is 6.07 Å². The van der Waals surface area contributed by atoms with Gasteiger partial charge in [0.05, 0.1) is 4.92 Å². The summed E-state index contributed by atoms with van der Waals surface area (Å²) in [6.07, 6.45) is 2.81. The molecule has 18 heavy (non-hydrogen) atoms. The summed E-state index contributed by atoms with van der Waals surface area (Å²) >= 11 is 3.26. The van der Waals surface area contributed by atoms with E-state index < -0.39 is 0 Å². The highest BCUT2D eigenvalue weighted by Crippen LogP contribution is 2.33. The van der Waals surface area contributed by atoms with Crippen molar-refractivity contribution in [2.75, 3.05) is 5.32 Å². The van der Waals surface area contributed by atoms with Gasteiger partial charge < -0.3 is 5.32 Å². The van der Waals surface area contributed by atoms with Crippen molar-refractivity contribution in [2.24, 2.45) is 0 Å². The van der Waals surface area contributed by atoms with Gasteiger partial charge in [0.1, 0.15) is 5.69 Å². The minimum atomic E-state index is -0.348. The molecule has 0 spiro atoms. The molecule has 0 amide bonds. The van der Waals surface area contributed by atoms with E-state index in [9.17, 15) is 10.1 Å². The van der Waals surface area contributed by atoms with Gasteiger partial charge >= 0.3 is 0 Å². The van der Waals surface area contributed by atoms with Gasteiger partial charge in [0.2, 0.25) is 0 Å². The van der Waals surface area contributed by atoms with Gasteiger partial charge in [-0.15, -0.1) is 0 Å². The summed E-state index contributed by atoms with van der Waals surface area (Å²) < 4.78 is 0.717. The number of halogens is 1. The third kappa shape index (κ3) is 3.22. The Balaban J connectivity index is 3.13. The molecule has 0 aromatic heterocycles. The average molecular weight is 315 g/mol. The zero-order chi connectivity index (χ0) is 13.8. The maximum absolute atomic E-state index is 11.1. The number of nitro groups is 1. The molecule has 0 heterocycles. The highest BCUT2D eigenvalue weighted by atomic mass is 79.9. The minimum Gasteiger partial charge on any atom is -0.374 e. The lowest BCUT2D eigenvalue weighted by atomic mass is 9.89. The Kier molecular flexibility index (Phi) is 5.14. The topological polar surface area (TPSA) is 55.2 Å². The maximum atomic E-state index is 11.1. The molecule has 0 saturated carbocycles. The van der Waals surface area contributed by atoms with E-state index in [2.05, 4.69) is 42.0 Å². The Morgan fingerprint density at radius 1 is 1.28 bits per heavy atom. The van der Waals surface area contributed by atoms with Crippen LogP contribution in [-0.2, 0) is 0 Å². The molecule has 4 nitrogen and oxygen atoms in total. The number of rotatable bonds is 6. The number of nitro benzene ring substituents is 1. The molecular weight excluding hydrogens is 296 g/mol. The number of hydrogen-bond acceptors (Lipinski definition) is 3. The molecule has 1 rings (SSSR count). The SMILES string of the molecule is CCC(CC)(CC)Nc1ccc(Br)cc1[N+](=O)[O-]. The summed E-state index contributed by atoms with van der Waals surface area (Å²) in [5.41, 5.74) is 0.635. The molecule has 1 aromatic carbocycles. The Morgan fingerprint density at radius 2 is 1.83 bits per heavy atom. The molecule has 0 fully saturated rings. The lowest BCUT2D eigenvalue weighted by Crippen LogP contribution is -2.36. The van der Waals surface area contributed by atoms with Crippen LogP contribution in [-0.4, -0.2) is 10.5 Å². The monoisotopic (exact) mass is 314 g/mol. The van der Waals surface area contributed by atoms with Crippen molar-refractivity contribution in [1.82, 2.24) is 0 Å². The molecule has 1 aromatic rings. The summed E-state index contributed by atoms with van der Waals surface area (Å²) in [5.74, 6) is 0. The van der Waals surface area contributed by atoms with Crippen LogP contribution >= 0.6 is 15.9 Å². The van der Waals surface area contributed by atoms with Gasteiger partial charge in [-0.1, -0.05) is 36.7 Å². The molecule has 5 heteroatoms. The zero-order valence-corrected chi connectivity index (χ0v) is 12.6. The van der Waals surface area contributed by atoms with Crippen molar-refractivity contribution in [3.8, 4) is 0 Å². The van der Waals surface area contributed by atoms with Crippen LogP contribution in [0.15, 0.2) is 22.7 Å². The molecular formula is C13H19BrN2O2. The third-order valence-electron chi connectivity index (χ3n) is 3.59. The quantitative estimate of drug-likeness (QED) is 0.609. The minimum absolute atomic E-state index is 0.0708. The first-order valence-corrected chi connectivity index (χ1v) is 6.99. The fraction of sp³-hybridized carbons (Fsp3) is 0.538. The van der Waals surface area contributed by atoms with Gasteiger partial charge in [0, 0.05) is 16.1 Å². The fourth-order valence-corrected chi connectivity index (χ4v) is 2.41. The number of benzene rings is 1. The van der Waals surface area contributed by atoms with E-state index in [0.29, 0.717) is 5.69 Å². The molecule has 1 N–H and O–H groups in total. The van der Waals surface area contributed by atoms with Gasteiger partial charge in [-0.2, -0.15) is 0 Å². The van der Waals surface area contributed by atoms with Crippen LogP contribution in [0.3, 0.4) is 0 Å². The Labute approximate surface area is 116 Å². The smallest absolute Gasteiger partial charge is 0.293 e. The predicted octanol–water partition coefficient (Wildman–Crippen LogP) is 4.74. The van der Waals surface area contributed by atoms with Crippen molar-refractivity contribution in [1.29, 1.82) is 0 Å². The van der Waals surface area contributed by atoms with Crippen LogP contribution in [0.25, 0.3) is 0 Å². The zero-order valence-electron chi connectivity index (χ0n) is 11.0. The predicted molar refractivity (Wildman–Crippen MR) is 78.0 cm³/mol. The first kappa shape index (κ1) is 15.0. The number of nitrogens with one attached hydrogen (secondary N) is 1. The van der Waals surface area contributed by atoms with E-state index >= 15 is 0 Å². The van der Waals surface area contributed by atoms with Crippen molar-refractivity contribution in [2.45, 2.75) is 45.6 Å². The molecule has 0 unspecified atom stereocenters. The lowest BCUT2D eigenvalue weighted by Gasteiger charge is -2.32. The number of hydrogen-bond donors (Lipinski definition) is 1. The standard InChI is InChI=1S/C13H19BrN2O2/c1-4-13(5-2,6-3)15-11-8-7-10(14)9-12(11)16(17)18/h7-9,15H,4-6H2,1-3H3. The summed E-state index contributed by atoms with van der Waals surface area (Å²) in [4.78, 5) is 10.7. The Morgan fingerprint density at radius 3 is 2.28 bits per heavy atom. The second-order valence-electron chi connectivity index (χ2n) is 4.38. The maximum Gasteiger partial charge on any atom is 0.293 e. The third-order valence-corrected chi connectivity index (χ3v) is 4.08. The first-order valence-electron chi connectivity index (χ1n) is 6.20. The Hall–Kier alpha value is -1.10. The van der Waals surface area contributed by atoms with Crippen molar-refractivity contribution in [3.05, 3.63) is 32.8 Å². The fourth-order valence-electron chi connectivity index (χ4n) is 2.06. The van der Waals surface area contributed by atoms with E-state index in [1.54, 1.807) is 6.07 Å². The first-order chi connectivity index (χ1) is 8.48. The second kappa shape index (κ2) is 6.18. The van der Waals surface area contributed by atoms with Crippen molar-refractivity contribution >= 4 is 27.3 Å².